The monoisotopic (exact) mass is 341 g/mol. The minimum Gasteiger partial charge on any atom is -0.507 e. The van der Waals surface area contributed by atoms with E-state index in [1.165, 1.54) is 23.9 Å². The van der Waals surface area contributed by atoms with Crippen molar-refractivity contribution in [2.45, 2.75) is 19.9 Å². The average molecular weight is 341 g/mol. The van der Waals surface area contributed by atoms with Gasteiger partial charge in [0, 0.05) is 13.2 Å². The Bertz CT molecular complexity index is 854. The van der Waals surface area contributed by atoms with E-state index in [-0.39, 0.29) is 11.4 Å². The fraction of sp³-hybridized carbons (Fsp3) is 0.278. The lowest BCUT2D eigenvalue weighted by atomic mass is 10.00. The lowest BCUT2D eigenvalue weighted by Gasteiger charge is -2.19. The highest BCUT2D eigenvalue weighted by molar-refractivity contribution is 5.96. The van der Waals surface area contributed by atoms with Crippen LogP contribution in [0, 0.1) is 25.2 Å². The van der Waals surface area contributed by atoms with Crippen molar-refractivity contribution in [3.05, 3.63) is 52.3 Å². The molecule has 0 aliphatic rings. The van der Waals surface area contributed by atoms with E-state index in [1.807, 2.05) is 6.07 Å². The Labute approximate surface area is 145 Å². The Morgan fingerprint density at radius 3 is 2.36 bits per heavy atom. The third-order valence-electron chi connectivity index (χ3n) is 3.93. The predicted molar refractivity (Wildman–Crippen MR) is 89.9 cm³/mol. The Morgan fingerprint density at radius 1 is 1.28 bits per heavy atom. The minimum atomic E-state index is -1.03. The second kappa shape index (κ2) is 7.09. The van der Waals surface area contributed by atoms with Crippen LogP contribution in [0.3, 0.4) is 0 Å². The highest BCUT2D eigenvalue weighted by atomic mass is 16.5. The van der Waals surface area contributed by atoms with Gasteiger partial charge in [-0.05, 0) is 48.7 Å². The standard InChI is InChI=1S/C18H19N3O4/c1-10-5-13(6-11(2)16(10)22)15(18(24)25-4)20-17(23)14-7-12(8-19)9-21(14)3/h5-7,9,15,22H,1-4H3,(H,20,23). The Morgan fingerprint density at radius 2 is 1.88 bits per heavy atom. The number of nitrogens with one attached hydrogen (secondary N) is 1. The van der Waals surface area contributed by atoms with Crippen LogP contribution in [-0.4, -0.2) is 28.7 Å². The number of phenols is 1. The molecule has 0 radical (unpaired) electrons. The summed E-state index contributed by atoms with van der Waals surface area (Å²) >= 11 is 0. The van der Waals surface area contributed by atoms with Crippen molar-refractivity contribution in [3.63, 3.8) is 0 Å². The molecular formula is C18H19N3O4. The molecule has 1 aromatic carbocycles. The Balaban J connectivity index is 2.39. The van der Waals surface area contributed by atoms with Gasteiger partial charge in [-0.2, -0.15) is 5.26 Å². The third-order valence-corrected chi connectivity index (χ3v) is 3.93. The lowest BCUT2D eigenvalue weighted by Crippen LogP contribution is -2.35. The first kappa shape index (κ1) is 18.1. The molecule has 0 spiro atoms. The van der Waals surface area contributed by atoms with Gasteiger partial charge in [0.2, 0.25) is 0 Å². The van der Waals surface area contributed by atoms with Gasteiger partial charge in [0.05, 0.1) is 12.7 Å². The van der Waals surface area contributed by atoms with Crippen LogP contribution in [0.2, 0.25) is 0 Å². The summed E-state index contributed by atoms with van der Waals surface area (Å²) in [4.78, 5) is 24.7. The number of hydrogen-bond acceptors (Lipinski definition) is 5. The highest BCUT2D eigenvalue weighted by Crippen LogP contribution is 2.27. The first-order chi connectivity index (χ1) is 11.8. The SMILES string of the molecule is COC(=O)C(NC(=O)c1cc(C#N)cn1C)c1cc(C)c(O)c(C)c1. The molecule has 1 aromatic heterocycles. The maximum Gasteiger partial charge on any atom is 0.333 e. The van der Waals surface area contributed by atoms with E-state index in [0.29, 0.717) is 22.3 Å². The van der Waals surface area contributed by atoms with E-state index in [4.69, 9.17) is 10.00 Å². The number of benzene rings is 1. The molecule has 0 saturated heterocycles. The summed E-state index contributed by atoms with van der Waals surface area (Å²) < 4.78 is 6.30. The van der Waals surface area contributed by atoms with Gasteiger partial charge in [-0.25, -0.2) is 4.79 Å². The number of carbonyl (C=O) groups excluding carboxylic acids is 2. The maximum absolute atomic E-state index is 12.5. The fourth-order valence-electron chi connectivity index (χ4n) is 2.61. The molecule has 0 saturated carbocycles. The first-order valence-corrected chi connectivity index (χ1v) is 7.53. The molecule has 2 aromatic rings. The van der Waals surface area contributed by atoms with Crippen molar-refractivity contribution < 1.29 is 19.4 Å². The molecule has 7 nitrogen and oxygen atoms in total. The smallest absolute Gasteiger partial charge is 0.333 e. The number of hydrogen-bond donors (Lipinski definition) is 2. The number of carbonyl (C=O) groups is 2. The van der Waals surface area contributed by atoms with Crippen LogP contribution in [0.5, 0.6) is 5.75 Å². The predicted octanol–water partition coefficient (Wildman–Crippen LogP) is 1.86. The number of ether oxygens (including phenoxy) is 1. The van der Waals surface area contributed by atoms with E-state index < -0.39 is 17.9 Å². The van der Waals surface area contributed by atoms with Gasteiger partial charge in [-0.3, -0.25) is 4.79 Å². The summed E-state index contributed by atoms with van der Waals surface area (Å²) in [7, 11) is 2.87. The van der Waals surface area contributed by atoms with Crippen LogP contribution in [0.4, 0.5) is 0 Å². The van der Waals surface area contributed by atoms with Gasteiger partial charge in [0.25, 0.3) is 5.91 Å². The fourth-order valence-corrected chi connectivity index (χ4v) is 2.61. The number of nitriles is 1. The van der Waals surface area contributed by atoms with Gasteiger partial charge >= 0.3 is 5.97 Å². The van der Waals surface area contributed by atoms with Crippen LogP contribution in [-0.2, 0) is 16.6 Å². The van der Waals surface area contributed by atoms with Crippen LogP contribution >= 0.6 is 0 Å². The maximum atomic E-state index is 12.5. The molecule has 0 aliphatic heterocycles. The van der Waals surface area contributed by atoms with Gasteiger partial charge in [0.15, 0.2) is 6.04 Å². The summed E-state index contributed by atoms with van der Waals surface area (Å²) in [5.74, 6) is -1.00. The normalized spacial score (nSPS) is 11.5. The van der Waals surface area contributed by atoms with E-state index in [2.05, 4.69) is 5.32 Å². The number of nitrogens with zero attached hydrogens (tertiary/aromatic N) is 2. The molecule has 0 fully saturated rings. The van der Waals surface area contributed by atoms with Crippen molar-refractivity contribution in [1.82, 2.24) is 9.88 Å². The molecular weight excluding hydrogens is 322 g/mol. The molecule has 130 valence electrons. The molecule has 7 heteroatoms. The Hall–Kier alpha value is -3.27. The second-order valence-electron chi connectivity index (χ2n) is 5.77. The summed E-state index contributed by atoms with van der Waals surface area (Å²) in [5, 5.41) is 21.5. The quantitative estimate of drug-likeness (QED) is 0.826. The van der Waals surface area contributed by atoms with Gasteiger partial charge in [-0.15, -0.1) is 0 Å². The number of methoxy groups -OCH3 is 1. The molecule has 0 bridgehead atoms. The molecule has 0 aliphatic carbocycles. The number of amides is 1. The number of rotatable bonds is 4. The number of aromatic hydroxyl groups is 1. The molecule has 1 amide bonds. The van der Waals surface area contributed by atoms with E-state index >= 15 is 0 Å². The summed E-state index contributed by atoms with van der Waals surface area (Å²) in [5.41, 5.74) is 2.27. The number of aryl methyl sites for hydroxylation is 3. The third kappa shape index (κ3) is 3.63. The molecule has 2 rings (SSSR count). The van der Waals surface area contributed by atoms with Crippen LogP contribution in [0.15, 0.2) is 24.4 Å². The van der Waals surface area contributed by atoms with E-state index in [1.54, 1.807) is 33.0 Å². The summed E-state index contributed by atoms with van der Waals surface area (Å²) in [6.45, 7) is 3.41. The highest BCUT2D eigenvalue weighted by Gasteiger charge is 2.26. The van der Waals surface area contributed by atoms with E-state index in [0.717, 1.165) is 0 Å². The molecule has 1 heterocycles. The first-order valence-electron chi connectivity index (χ1n) is 7.53. The minimum absolute atomic E-state index is 0.139. The zero-order valence-corrected chi connectivity index (χ0v) is 14.5. The van der Waals surface area contributed by atoms with Crippen LogP contribution < -0.4 is 5.32 Å². The number of esters is 1. The zero-order valence-electron chi connectivity index (χ0n) is 14.5. The van der Waals surface area contributed by atoms with Crippen molar-refractivity contribution in [3.8, 4) is 11.8 Å². The molecule has 25 heavy (non-hydrogen) atoms. The summed E-state index contributed by atoms with van der Waals surface area (Å²) in [6, 6.07) is 5.61. The summed E-state index contributed by atoms with van der Waals surface area (Å²) in [6.07, 6.45) is 1.52. The van der Waals surface area contributed by atoms with Gasteiger partial charge < -0.3 is 19.7 Å². The lowest BCUT2D eigenvalue weighted by molar-refractivity contribution is -0.143. The zero-order chi connectivity index (χ0) is 18.7. The largest absolute Gasteiger partial charge is 0.507 e. The van der Waals surface area contributed by atoms with Crippen molar-refractivity contribution >= 4 is 11.9 Å². The van der Waals surface area contributed by atoms with Crippen LogP contribution in [0.25, 0.3) is 0 Å². The van der Waals surface area contributed by atoms with Gasteiger partial charge in [-0.1, -0.05) is 0 Å². The average Bonchev–Trinajstić information content (AvgIpc) is 2.97. The van der Waals surface area contributed by atoms with Gasteiger partial charge in [0.1, 0.15) is 17.5 Å². The topological polar surface area (TPSA) is 104 Å². The van der Waals surface area contributed by atoms with E-state index in [9.17, 15) is 14.7 Å². The second-order valence-corrected chi connectivity index (χ2v) is 5.77. The number of phenolic OH excluding ortho intramolecular Hbond substituents is 1. The molecule has 1 atom stereocenters. The molecule has 2 N–H and O–H groups in total. The van der Waals surface area contributed by atoms with Crippen molar-refractivity contribution in [1.29, 1.82) is 5.26 Å². The van der Waals surface area contributed by atoms with Crippen LogP contribution in [0.1, 0.15) is 38.8 Å². The molecule has 1 unspecified atom stereocenters. The Kier molecular flexibility index (Phi) is 5.13. The van der Waals surface area contributed by atoms with Crippen molar-refractivity contribution in [2.75, 3.05) is 7.11 Å². The number of aromatic nitrogens is 1. The van der Waals surface area contributed by atoms with Crippen molar-refractivity contribution in [2.24, 2.45) is 7.05 Å².